The predicted molar refractivity (Wildman–Crippen MR) is 144 cm³/mol. The number of nitrogens with zero attached hydrogens (tertiary/aromatic N) is 2. The molecule has 1 aliphatic rings. The Bertz CT molecular complexity index is 1050. The summed E-state index contributed by atoms with van der Waals surface area (Å²) in [6.07, 6.45) is 2.17. The highest BCUT2D eigenvalue weighted by Crippen LogP contribution is 2.30. The minimum atomic E-state index is -0.549. The number of benzene rings is 2. The van der Waals surface area contributed by atoms with Gasteiger partial charge >= 0.3 is 6.09 Å². The topological polar surface area (TPSA) is 89.7 Å². The van der Waals surface area contributed by atoms with Crippen molar-refractivity contribution >= 4 is 17.8 Å². The number of nitrogens with one attached hydrogen (secondary N) is 2. The first-order valence-electron chi connectivity index (χ1n) is 12.7. The zero-order valence-electron chi connectivity index (χ0n) is 22.4. The molecule has 0 aliphatic carbocycles. The van der Waals surface area contributed by atoms with Gasteiger partial charge < -0.3 is 19.3 Å². The molecular weight excluding hydrogens is 452 g/mol. The second-order valence-corrected chi connectivity index (χ2v) is 10.7. The van der Waals surface area contributed by atoms with E-state index in [4.69, 9.17) is 20.3 Å². The van der Waals surface area contributed by atoms with Gasteiger partial charge in [-0.15, -0.1) is 0 Å². The van der Waals surface area contributed by atoms with Gasteiger partial charge in [0.2, 0.25) is 0 Å². The third-order valence-corrected chi connectivity index (χ3v) is 6.42. The van der Waals surface area contributed by atoms with Gasteiger partial charge in [0.1, 0.15) is 23.8 Å². The third kappa shape index (κ3) is 7.09. The molecule has 2 N–H and O–H groups in total. The number of rotatable bonds is 7. The van der Waals surface area contributed by atoms with Crippen LogP contribution in [0, 0.1) is 10.8 Å². The Hall–Kier alpha value is -3.35. The highest BCUT2D eigenvalue weighted by molar-refractivity contribution is 6.06. The fourth-order valence-electron chi connectivity index (χ4n) is 4.75. The van der Waals surface area contributed by atoms with E-state index in [1.54, 1.807) is 11.8 Å². The Morgan fingerprint density at radius 1 is 1.08 bits per heavy atom. The Morgan fingerprint density at radius 3 is 2.31 bits per heavy atom. The first kappa shape index (κ1) is 27.2. The van der Waals surface area contributed by atoms with E-state index in [0.717, 1.165) is 24.2 Å². The molecule has 3 unspecified atom stereocenters. The molecule has 36 heavy (non-hydrogen) atoms. The highest BCUT2D eigenvalue weighted by atomic mass is 16.6. The van der Waals surface area contributed by atoms with Gasteiger partial charge in [-0.05, 0) is 90.6 Å². The van der Waals surface area contributed by atoms with Crippen LogP contribution >= 0.6 is 0 Å². The molecule has 2 aromatic carbocycles. The van der Waals surface area contributed by atoms with Crippen LogP contribution in [0.1, 0.15) is 71.9 Å². The van der Waals surface area contributed by atoms with Crippen LogP contribution in [0.3, 0.4) is 0 Å². The van der Waals surface area contributed by atoms with Crippen LogP contribution in [0.25, 0.3) is 0 Å². The SMILES string of the molecule is CC(=N)N(C(=N)c1ccc(OCc2ccccc2)cc1)C(C)CC1CCC(C)N1C(=O)OC(C)(C)C. The van der Waals surface area contributed by atoms with Crippen molar-refractivity contribution in [3.8, 4) is 5.75 Å². The molecule has 7 nitrogen and oxygen atoms in total. The van der Waals surface area contributed by atoms with Crippen molar-refractivity contribution < 1.29 is 14.3 Å². The molecular formula is C29H40N4O3. The van der Waals surface area contributed by atoms with E-state index in [9.17, 15) is 4.79 Å². The number of carbonyl (C=O) groups excluding carboxylic acids is 1. The summed E-state index contributed by atoms with van der Waals surface area (Å²) >= 11 is 0. The van der Waals surface area contributed by atoms with Crippen LogP contribution < -0.4 is 4.74 Å². The summed E-state index contributed by atoms with van der Waals surface area (Å²) in [5.74, 6) is 1.29. The number of hydrogen-bond donors (Lipinski definition) is 2. The van der Waals surface area contributed by atoms with Crippen molar-refractivity contribution in [3.63, 3.8) is 0 Å². The van der Waals surface area contributed by atoms with Crippen molar-refractivity contribution in [2.24, 2.45) is 0 Å². The quantitative estimate of drug-likeness (QED) is 0.343. The maximum absolute atomic E-state index is 12.9. The molecule has 2 aromatic rings. The molecule has 1 aliphatic heterocycles. The van der Waals surface area contributed by atoms with Crippen molar-refractivity contribution in [2.45, 2.75) is 91.1 Å². The number of likely N-dealkylation sites (tertiary alicyclic amines) is 1. The molecule has 1 saturated heterocycles. The van der Waals surface area contributed by atoms with E-state index in [-0.39, 0.29) is 30.1 Å². The largest absolute Gasteiger partial charge is 0.489 e. The number of ether oxygens (including phenoxy) is 2. The van der Waals surface area contributed by atoms with Gasteiger partial charge in [0.05, 0.1) is 5.84 Å². The maximum atomic E-state index is 12.9. The molecule has 3 rings (SSSR count). The lowest BCUT2D eigenvalue weighted by Gasteiger charge is -2.36. The van der Waals surface area contributed by atoms with Gasteiger partial charge in [-0.1, -0.05) is 30.3 Å². The summed E-state index contributed by atoms with van der Waals surface area (Å²) in [7, 11) is 0. The summed E-state index contributed by atoms with van der Waals surface area (Å²) in [5, 5.41) is 17.2. The van der Waals surface area contributed by atoms with Crippen LogP contribution in [0.4, 0.5) is 4.79 Å². The summed E-state index contributed by atoms with van der Waals surface area (Å²) < 4.78 is 11.5. The lowest BCUT2D eigenvalue weighted by Crippen LogP contribution is -2.48. The van der Waals surface area contributed by atoms with Crippen molar-refractivity contribution in [3.05, 3.63) is 65.7 Å². The van der Waals surface area contributed by atoms with Crippen LogP contribution in [0.2, 0.25) is 0 Å². The summed E-state index contributed by atoms with van der Waals surface area (Å²) in [6, 6.07) is 17.4. The first-order valence-corrected chi connectivity index (χ1v) is 12.7. The molecule has 0 spiro atoms. The average molecular weight is 493 g/mol. The van der Waals surface area contributed by atoms with Gasteiger partial charge in [0.25, 0.3) is 0 Å². The molecule has 0 saturated carbocycles. The van der Waals surface area contributed by atoms with Crippen LogP contribution in [-0.2, 0) is 11.3 Å². The Morgan fingerprint density at radius 2 is 1.72 bits per heavy atom. The van der Waals surface area contributed by atoms with E-state index in [2.05, 4.69) is 6.92 Å². The van der Waals surface area contributed by atoms with Crippen LogP contribution in [0.15, 0.2) is 54.6 Å². The highest BCUT2D eigenvalue weighted by Gasteiger charge is 2.38. The second-order valence-electron chi connectivity index (χ2n) is 10.7. The lowest BCUT2D eigenvalue weighted by atomic mass is 10.0. The summed E-state index contributed by atoms with van der Waals surface area (Å²) in [6.45, 7) is 11.9. The van der Waals surface area contributed by atoms with E-state index in [1.807, 2.05) is 87.2 Å². The predicted octanol–water partition coefficient (Wildman–Crippen LogP) is 6.46. The number of amidine groups is 2. The molecule has 1 fully saturated rings. The van der Waals surface area contributed by atoms with Gasteiger partial charge in [0.15, 0.2) is 0 Å². The third-order valence-electron chi connectivity index (χ3n) is 6.42. The molecule has 194 valence electrons. The van der Waals surface area contributed by atoms with Gasteiger partial charge in [0, 0.05) is 23.7 Å². The first-order chi connectivity index (χ1) is 17.0. The van der Waals surface area contributed by atoms with E-state index in [0.29, 0.717) is 24.4 Å². The van der Waals surface area contributed by atoms with E-state index in [1.165, 1.54) is 0 Å². The van der Waals surface area contributed by atoms with Crippen LogP contribution in [-0.4, -0.2) is 51.3 Å². The standard InChI is InChI=1S/C29H40N4O3/c1-20-12-15-25(33(20)28(34)36-29(4,5)6)18-21(2)32(22(3)30)27(31)24-13-16-26(17-14-24)35-19-23-10-8-7-9-11-23/h7-11,13-14,16-17,20-21,25,30-31H,12,15,18-19H2,1-6H3. The molecule has 7 heteroatoms. The normalized spacial score (nSPS) is 18.4. The summed E-state index contributed by atoms with van der Waals surface area (Å²) in [5.41, 5.74) is 1.26. The summed E-state index contributed by atoms with van der Waals surface area (Å²) in [4.78, 5) is 16.5. The zero-order valence-corrected chi connectivity index (χ0v) is 22.4. The smallest absolute Gasteiger partial charge is 0.410 e. The second kappa shape index (κ2) is 11.6. The molecule has 3 atom stereocenters. The van der Waals surface area contributed by atoms with E-state index < -0.39 is 5.60 Å². The molecule has 1 heterocycles. The fraction of sp³-hybridized carbons (Fsp3) is 0.483. The van der Waals surface area contributed by atoms with E-state index >= 15 is 0 Å². The number of amides is 1. The van der Waals surface area contributed by atoms with Crippen molar-refractivity contribution in [1.29, 1.82) is 10.8 Å². The fourth-order valence-corrected chi connectivity index (χ4v) is 4.75. The monoisotopic (exact) mass is 492 g/mol. The molecule has 0 aromatic heterocycles. The zero-order chi connectivity index (χ0) is 26.5. The number of hydrogen-bond acceptors (Lipinski definition) is 5. The van der Waals surface area contributed by atoms with Gasteiger partial charge in [-0.2, -0.15) is 0 Å². The Balaban J connectivity index is 1.67. The lowest BCUT2D eigenvalue weighted by molar-refractivity contribution is 0.0144. The number of carbonyl (C=O) groups is 1. The molecule has 0 radical (unpaired) electrons. The molecule has 0 bridgehead atoms. The maximum Gasteiger partial charge on any atom is 0.410 e. The molecule has 1 amide bonds. The van der Waals surface area contributed by atoms with Gasteiger partial charge in [-0.25, -0.2) is 4.79 Å². The Labute approximate surface area is 215 Å². The minimum absolute atomic E-state index is 0.00765. The Kier molecular flexibility index (Phi) is 8.77. The van der Waals surface area contributed by atoms with Crippen LogP contribution in [0.5, 0.6) is 5.75 Å². The van der Waals surface area contributed by atoms with Crippen molar-refractivity contribution in [1.82, 2.24) is 9.80 Å². The van der Waals surface area contributed by atoms with Gasteiger partial charge in [-0.3, -0.25) is 10.8 Å². The average Bonchev–Trinajstić information content (AvgIpc) is 3.17. The van der Waals surface area contributed by atoms with Crippen molar-refractivity contribution in [2.75, 3.05) is 0 Å². The minimum Gasteiger partial charge on any atom is -0.489 e.